The summed E-state index contributed by atoms with van der Waals surface area (Å²) in [5, 5.41) is 13.0. The summed E-state index contributed by atoms with van der Waals surface area (Å²) in [5.74, 6) is 0. The van der Waals surface area contributed by atoms with Crippen LogP contribution in [0, 0.1) is 0 Å². The van der Waals surface area contributed by atoms with Gasteiger partial charge in [0, 0.05) is 38.6 Å². The maximum absolute atomic E-state index is 4.32. The molecule has 0 fully saturated rings. The molecule has 102 valence electrons. The lowest BCUT2D eigenvalue weighted by Crippen LogP contribution is -2.12. The van der Waals surface area contributed by atoms with Crippen LogP contribution >= 0.6 is 23.1 Å². The molecule has 2 aromatic rings. The summed E-state index contributed by atoms with van der Waals surface area (Å²) < 4.78 is 0.850. The molecule has 19 heavy (non-hydrogen) atoms. The molecule has 8 heteroatoms. The summed E-state index contributed by atoms with van der Waals surface area (Å²) in [6.45, 7) is 3.81. The van der Waals surface area contributed by atoms with Crippen molar-refractivity contribution in [1.29, 1.82) is 0 Å². The van der Waals surface area contributed by atoms with E-state index in [9.17, 15) is 0 Å². The van der Waals surface area contributed by atoms with E-state index in [1.807, 2.05) is 31.4 Å². The van der Waals surface area contributed by atoms with Gasteiger partial charge in [-0.1, -0.05) is 18.3 Å². The van der Waals surface area contributed by atoms with Crippen LogP contribution in [-0.2, 0) is 6.54 Å². The molecule has 0 aliphatic heterocycles. The van der Waals surface area contributed by atoms with Crippen LogP contribution < -0.4 is 10.2 Å². The van der Waals surface area contributed by atoms with Gasteiger partial charge in [-0.15, -0.1) is 10.2 Å². The molecule has 1 N–H and O–H groups in total. The van der Waals surface area contributed by atoms with Crippen molar-refractivity contribution in [2.45, 2.75) is 23.0 Å². The van der Waals surface area contributed by atoms with Gasteiger partial charge < -0.3 is 10.2 Å². The molecule has 0 saturated carbocycles. The largest absolute Gasteiger partial charge is 0.353 e. The number of hydrogen-bond acceptors (Lipinski definition) is 8. The van der Waals surface area contributed by atoms with Crippen LogP contribution in [0.25, 0.3) is 0 Å². The average molecular weight is 296 g/mol. The number of anilines is 1. The van der Waals surface area contributed by atoms with E-state index in [4.69, 9.17) is 0 Å². The number of aromatic nitrogens is 4. The van der Waals surface area contributed by atoms with Crippen molar-refractivity contribution in [2.24, 2.45) is 0 Å². The minimum Gasteiger partial charge on any atom is -0.353 e. The van der Waals surface area contributed by atoms with Crippen molar-refractivity contribution in [2.75, 3.05) is 25.5 Å². The summed E-state index contributed by atoms with van der Waals surface area (Å²) >= 11 is 2.96. The van der Waals surface area contributed by atoms with E-state index in [0.717, 1.165) is 28.1 Å². The third-order valence-electron chi connectivity index (χ3n) is 2.22. The third-order valence-corrected chi connectivity index (χ3v) is 4.25. The lowest BCUT2D eigenvalue weighted by atomic mass is 10.3. The van der Waals surface area contributed by atoms with Crippen molar-refractivity contribution in [3.8, 4) is 0 Å². The quantitative estimate of drug-likeness (QED) is 0.813. The van der Waals surface area contributed by atoms with Gasteiger partial charge in [-0.2, -0.15) is 0 Å². The van der Waals surface area contributed by atoms with Crippen molar-refractivity contribution in [3.05, 3.63) is 18.0 Å². The summed E-state index contributed by atoms with van der Waals surface area (Å²) in [7, 11) is 3.89. The van der Waals surface area contributed by atoms with E-state index in [1.165, 1.54) is 23.1 Å². The molecule has 0 aromatic carbocycles. The minimum atomic E-state index is 0.696. The Labute approximate surface area is 120 Å². The Morgan fingerprint density at radius 1 is 1.26 bits per heavy atom. The molecule has 6 nitrogen and oxygen atoms in total. The van der Waals surface area contributed by atoms with Gasteiger partial charge in [0.1, 0.15) is 0 Å². The van der Waals surface area contributed by atoms with Gasteiger partial charge in [-0.25, -0.2) is 9.97 Å². The molecule has 2 heterocycles. The lowest BCUT2D eigenvalue weighted by molar-refractivity contribution is 0.716. The maximum atomic E-state index is 4.32. The number of hydrogen-bond donors (Lipinski definition) is 1. The van der Waals surface area contributed by atoms with E-state index >= 15 is 0 Å². The first kappa shape index (κ1) is 14.2. The molecule has 2 rings (SSSR count). The van der Waals surface area contributed by atoms with E-state index < -0.39 is 0 Å². The smallest absolute Gasteiger partial charge is 0.208 e. The van der Waals surface area contributed by atoms with E-state index in [-0.39, 0.29) is 0 Å². The molecule has 0 atom stereocenters. The normalized spacial score (nSPS) is 10.7. The first-order valence-electron chi connectivity index (χ1n) is 5.89. The molecule has 0 bridgehead atoms. The lowest BCUT2D eigenvalue weighted by Gasteiger charge is -2.03. The zero-order valence-electron chi connectivity index (χ0n) is 11.1. The Bertz CT molecular complexity index is 510. The first-order chi connectivity index (χ1) is 9.19. The maximum Gasteiger partial charge on any atom is 0.208 e. The van der Waals surface area contributed by atoms with Crippen LogP contribution in [0.2, 0.25) is 0 Å². The van der Waals surface area contributed by atoms with Gasteiger partial charge in [0.15, 0.2) is 9.50 Å². The van der Waals surface area contributed by atoms with Crippen LogP contribution in [0.4, 0.5) is 5.13 Å². The van der Waals surface area contributed by atoms with Crippen LogP contribution in [0.3, 0.4) is 0 Å². The van der Waals surface area contributed by atoms with Crippen molar-refractivity contribution in [1.82, 2.24) is 25.5 Å². The predicted octanol–water partition coefficient (Wildman–Crippen LogP) is 1.65. The van der Waals surface area contributed by atoms with Gasteiger partial charge in [0.05, 0.1) is 0 Å². The van der Waals surface area contributed by atoms with Gasteiger partial charge in [0.2, 0.25) is 5.13 Å². The van der Waals surface area contributed by atoms with Gasteiger partial charge in [0.25, 0.3) is 0 Å². The highest BCUT2D eigenvalue weighted by Crippen LogP contribution is 2.30. The molecule has 0 spiro atoms. The Morgan fingerprint density at radius 2 is 2.00 bits per heavy atom. The molecule has 0 aliphatic rings. The Morgan fingerprint density at radius 3 is 2.58 bits per heavy atom. The van der Waals surface area contributed by atoms with E-state index in [1.54, 1.807) is 0 Å². The van der Waals surface area contributed by atoms with Crippen LogP contribution in [-0.4, -0.2) is 40.8 Å². The SMILES string of the molecule is CCNCc1cnc(Sc2nnc(N(C)C)s2)nc1. The fourth-order valence-electron chi connectivity index (χ4n) is 1.26. The van der Waals surface area contributed by atoms with Crippen molar-refractivity contribution >= 4 is 28.2 Å². The zero-order valence-corrected chi connectivity index (χ0v) is 12.8. The Balaban J connectivity index is 1.98. The van der Waals surface area contributed by atoms with E-state index in [2.05, 4.69) is 32.4 Å². The van der Waals surface area contributed by atoms with Crippen molar-refractivity contribution < 1.29 is 0 Å². The van der Waals surface area contributed by atoms with E-state index in [0.29, 0.717) is 5.16 Å². The Hall–Kier alpha value is -1.25. The summed E-state index contributed by atoms with van der Waals surface area (Å²) in [5.41, 5.74) is 1.08. The number of rotatable bonds is 6. The standard InChI is InChI=1S/C11H16N6S2/c1-4-12-5-8-6-13-9(14-7-8)18-11-16-15-10(19-11)17(2)3/h6-7,12H,4-5H2,1-3H3. The molecule has 2 aromatic heterocycles. The highest BCUT2D eigenvalue weighted by molar-refractivity contribution is 8.00. The highest BCUT2D eigenvalue weighted by atomic mass is 32.2. The van der Waals surface area contributed by atoms with Crippen LogP contribution in [0.5, 0.6) is 0 Å². The van der Waals surface area contributed by atoms with Crippen LogP contribution in [0.1, 0.15) is 12.5 Å². The monoisotopic (exact) mass is 296 g/mol. The third kappa shape index (κ3) is 4.12. The summed E-state index contributed by atoms with van der Waals surface area (Å²) in [6, 6.07) is 0. The second-order valence-electron chi connectivity index (χ2n) is 4.00. The highest BCUT2D eigenvalue weighted by Gasteiger charge is 2.08. The Kier molecular flexibility index (Phi) is 5.06. The molecule has 0 aliphatic carbocycles. The topological polar surface area (TPSA) is 66.8 Å². The second kappa shape index (κ2) is 6.78. The van der Waals surface area contributed by atoms with Gasteiger partial charge in [-0.3, -0.25) is 0 Å². The van der Waals surface area contributed by atoms with Gasteiger partial charge >= 0.3 is 0 Å². The molecule has 0 amide bonds. The van der Waals surface area contributed by atoms with Gasteiger partial charge in [-0.05, 0) is 18.3 Å². The zero-order chi connectivity index (χ0) is 13.7. The molecular formula is C11H16N6S2. The fourth-order valence-corrected chi connectivity index (χ4v) is 2.82. The molecule has 0 saturated heterocycles. The summed E-state index contributed by atoms with van der Waals surface area (Å²) in [4.78, 5) is 10.6. The average Bonchev–Trinajstić information content (AvgIpc) is 2.87. The molecular weight excluding hydrogens is 280 g/mol. The molecule has 0 radical (unpaired) electrons. The van der Waals surface area contributed by atoms with Crippen molar-refractivity contribution in [3.63, 3.8) is 0 Å². The second-order valence-corrected chi connectivity index (χ2v) is 6.17. The number of nitrogens with zero attached hydrogens (tertiary/aromatic N) is 5. The van der Waals surface area contributed by atoms with Crippen LogP contribution in [0.15, 0.2) is 21.9 Å². The fraction of sp³-hybridized carbons (Fsp3) is 0.455. The summed E-state index contributed by atoms with van der Waals surface area (Å²) in [6.07, 6.45) is 3.68. The first-order valence-corrected chi connectivity index (χ1v) is 7.52. The number of nitrogens with one attached hydrogen (secondary N) is 1. The predicted molar refractivity (Wildman–Crippen MR) is 77.8 cm³/mol. The minimum absolute atomic E-state index is 0.696. The molecule has 0 unspecified atom stereocenters.